The highest BCUT2D eigenvalue weighted by atomic mass is 16.4. The van der Waals surface area contributed by atoms with Crippen LogP contribution >= 0.6 is 0 Å². The van der Waals surface area contributed by atoms with E-state index in [9.17, 15) is 28.8 Å². The fourth-order valence-electron chi connectivity index (χ4n) is 1.91. The number of carbonyl (C=O) groups is 6. The molecule has 0 fully saturated rings. The van der Waals surface area contributed by atoms with Crippen LogP contribution in [0.3, 0.4) is 0 Å². The van der Waals surface area contributed by atoms with Gasteiger partial charge in [0.15, 0.2) is 11.6 Å². The van der Waals surface area contributed by atoms with Crippen LogP contribution in [0.15, 0.2) is 0 Å². The van der Waals surface area contributed by atoms with E-state index in [2.05, 4.69) is 21.3 Å². The van der Waals surface area contributed by atoms with E-state index in [0.717, 1.165) is 0 Å². The van der Waals surface area contributed by atoms with Crippen molar-refractivity contribution in [2.75, 3.05) is 6.67 Å². The zero-order chi connectivity index (χ0) is 21.0. The summed E-state index contributed by atoms with van der Waals surface area (Å²) in [4.78, 5) is 67.2. The first-order valence-corrected chi connectivity index (χ1v) is 8.06. The Bertz CT molecular complexity index is 542. The molecule has 2 atom stereocenters. The third kappa shape index (κ3) is 11.9. The van der Waals surface area contributed by atoms with Crippen LogP contribution in [0.1, 0.15) is 39.5 Å². The topological polar surface area (TPSA) is 191 Å². The van der Waals surface area contributed by atoms with Gasteiger partial charge in [0.1, 0.15) is 0 Å². The fraction of sp³-hybridized carbons (Fsp3) is 0.600. The second-order valence-corrected chi connectivity index (χ2v) is 5.67. The highest BCUT2D eigenvalue weighted by Crippen LogP contribution is 2.00. The summed E-state index contributed by atoms with van der Waals surface area (Å²) in [5, 5.41) is 26.3. The van der Waals surface area contributed by atoms with Crippen molar-refractivity contribution in [1.82, 2.24) is 21.3 Å². The average molecular weight is 388 g/mol. The Morgan fingerprint density at radius 2 is 1.04 bits per heavy atom. The van der Waals surface area contributed by atoms with Crippen LogP contribution in [0.2, 0.25) is 0 Å². The minimum absolute atomic E-state index is 0.0735. The number of carboxylic acid groups (broad SMARTS) is 2. The Balaban J connectivity index is 4.31. The van der Waals surface area contributed by atoms with Gasteiger partial charge in [-0.3, -0.25) is 19.2 Å². The largest absolute Gasteiger partial charge is 0.481 e. The Hall–Kier alpha value is -3.18. The van der Waals surface area contributed by atoms with E-state index in [1.165, 1.54) is 13.8 Å². The van der Waals surface area contributed by atoms with E-state index < -0.39 is 47.7 Å². The second kappa shape index (κ2) is 12.2. The summed E-state index contributed by atoms with van der Waals surface area (Å²) < 4.78 is 0. The lowest BCUT2D eigenvalue weighted by molar-refractivity contribution is -0.138. The first kappa shape index (κ1) is 23.8. The predicted octanol–water partition coefficient (Wildman–Crippen LogP) is -0.813. The fourth-order valence-corrected chi connectivity index (χ4v) is 1.91. The summed E-state index contributed by atoms with van der Waals surface area (Å²) in [5.74, 6) is -3.05. The van der Waals surface area contributed by atoms with Crippen LogP contribution in [0, 0.1) is 0 Å². The molecule has 0 aromatic heterocycles. The van der Waals surface area contributed by atoms with Crippen molar-refractivity contribution < 1.29 is 39.0 Å². The molecule has 12 nitrogen and oxygen atoms in total. The molecule has 6 N–H and O–H groups in total. The van der Waals surface area contributed by atoms with Gasteiger partial charge in [-0.15, -0.1) is 0 Å². The Morgan fingerprint density at radius 1 is 0.704 bits per heavy atom. The SMILES string of the molecule is CC(=O)[C@H](CCC(=O)O)NC(=O)NCNC(=O)N[C@@H](CCC(=O)O)C(C)=O. The number of hydrogen-bond acceptors (Lipinski definition) is 6. The number of rotatable bonds is 12. The van der Waals surface area contributed by atoms with Crippen LogP contribution in [0.5, 0.6) is 0 Å². The third-order valence-electron chi connectivity index (χ3n) is 3.38. The number of Topliss-reactive ketones (excluding diaryl/α,β-unsaturated/α-hetero) is 2. The van der Waals surface area contributed by atoms with Gasteiger partial charge in [-0.2, -0.15) is 0 Å². The van der Waals surface area contributed by atoms with Gasteiger partial charge in [0.25, 0.3) is 0 Å². The molecule has 12 heteroatoms. The van der Waals surface area contributed by atoms with Crippen molar-refractivity contribution in [1.29, 1.82) is 0 Å². The first-order chi connectivity index (χ1) is 12.5. The predicted molar refractivity (Wildman–Crippen MR) is 90.9 cm³/mol. The van der Waals surface area contributed by atoms with Crippen LogP contribution in [0.25, 0.3) is 0 Å². The molecule has 0 aromatic rings. The Labute approximate surface area is 155 Å². The lowest BCUT2D eigenvalue weighted by Crippen LogP contribution is -2.51. The number of amides is 4. The van der Waals surface area contributed by atoms with Gasteiger partial charge >= 0.3 is 24.0 Å². The van der Waals surface area contributed by atoms with E-state index >= 15 is 0 Å². The molecule has 0 aliphatic rings. The van der Waals surface area contributed by atoms with Gasteiger partial charge < -0.3 is 31.5 Å². The molecule has 4 amide bonds. The molecule has 0 aliphatic carbocycles. The molecule has 0 rings (SSSR count). The van der Waals surface area contributed by atoms with Gasteiger partial charge in [0, 0.05) is 12.8 Å². The van der Waals surface area contributed by atoms with Crippen molar-refractivity contribution in [3.63, 3.8) is 0 Å². The molecule has 0 bridgehead atoms. The summed E-state index contributed by atoms with van der Waals surface area (Å²) in [5.41, 5.74) is 0. The van der Waals surface area contributed by atoms with E-state index in [0.29, 0.717) is 0 Å². The van der Waals surface area contributed by atoms with Crippen LogP contribution in [-0.4, -0.2) is 64.5 Å². The van der Waals surface area contributed by atoms with E-state index in [1.807, 2.05) is 0 Å². The Morgan fingerprint density at radius 3 is 1.30 bits per heavy atom. The van der Waals surface area contributed by atoms with Gasteiger partial charge in [0.05, 0.1) is 18.8 Å². The molecular weight excluding hydrogens is 364 g/mol. The number of urea groups is 2. The minimum atomic E-state index is -1.11. The van der Waals surface area contributed by atoms with Crippen molar-refractivity contribution in [2.45, 2.75) is 51.6 Å². The molecular formula is C15H24N4O8. The van der Waals surface area contributed by atoms with Crippen LogP contribution in [-0.2, 0) is 19.2 Å². The van der Waals surface area contributed by atoms with Crippen LogP contribution in [0.4, 0.5) is 9.59 Å². The monoisotopic (exact) mass is 388 g/mol. The molecule has 0 unspecified atom stereocenters. The molecule has 152 valence electrons. The van der Waals surface area contributed by atoms with Gasteiger partial charge in [-0.05, 0) is 26.7 Å². The molecule has 27 heavy (non-hydrogen) atoms. The summed E-state index contributed by atoms with van der Waals surface area (Å²) in [6.07, 6.45) is -0.742. The van der Waals surface area contributed by atoms with Crippen molar-refractivity contribution >= 4 is 35.6 Å². The van der Waals surface area contributed by atoms with Gasteiger partial charge in [-0.25, -0.2) is 9.59 Å². The number of aliphatic carboxylic acids is 2. The maximum atomic E-state index is 11.7. The maximum absolute atomic E-state index is 11.7. The quantitative estimate of drug-likeness (QED) is 0.234. The van der Waals surface area contributed by atoms with Crippen molar-refractivity contribution in [2.24, 2.45) is 0 Å². The average Bonchev–Trinajstić information content (AvgIpc) is 2.54. The number of carbonyl (C=O) groups excluding carboxylic acids is 4. The molecule has 0 saturated carbocycles. The van der Waals surface area contributed by atoms with Gasteiger partial charge in [-0.1, -0.05) is 0 Å². The molecule has 0 aliphatic heterocycles. The summed E-state index contributed by atoms with van der Waals surface area (Å²) in [6, 6.07) is -3.55. The summed E-state index contributed by atoms with van der Waals surface area (Å²) >= 11 is 0. The molecule has 0 spiro atoms. The van der Waals surface area contributed by atoms with E-state index in [-0.39, 0.29) is 32.4 Å². The number of hydrogen-bond donors (Lipinski definition) is 6. The molecule has 0 radical (unpaired) electrons. The smallest absolute Gasteiger partial charge is 0.316 e. The van der Waals surface area contributed by atoms with Crippen molar-refractivity contribution in [3.8, 4) is 0 Å². The van der Waals surface area contributed by atoms with Crippen LogP contribution < -0.4 is 21.3 Å². The highest BCUT2D eigenvalue weighted by Gasteiger charge is 2.19. The normalized spacial score (nSPS) is 12.2. The highest BCUT2D eigenvalue weighted by molar-refractivity contribution is 5.88. The lowest BCUT2D eigenvalue weighted by atomic mass is 10.1. The molecule has 0 heterocycles. The standard InChI is InChI=1S/C15H24N4O8/c1-8(20)10(3-5-12(22)23)18-14(26)16-7-17-15(27)19-11(9(2)21)4-6-13(24)25/h10-11H,3-7H2,1-2H3,(H,22,23)(H,24,25)(H2,16,18,26)(H2,17,19,27)/t10-,11-/m0/s1. The van der Waals surface area contributed by atoms with E-state index in [4.69, 9.17) is 10.2 Å². The number of ketones is 2. The Kier molecular flexibility index (Phi) is 10.8. The zero-order valence-electron chi connectivity index (χ0n) is 15.0. The molecule has 0 saturated heterocycles. The lowest BCUT2D eigenvalue weighted by Gasteiger charge is -2.17. The number of nitrogens with one attached hydrogen (secondary N) is 4. The zero-order valence-corrected chi connectivity index (χ0v) is 15.0. The number of carboxylic acids is 2. The summed E-state index contributed by atoms with van der Waals surface area (Å²) in [6.45, 7) is 2.07. The second-order valence-electron chi connectivity index (χ2n) is 5.67. The van der Waals surface area contributed by atoms with Crippen molar-refractivity contribution in [3.05, 3.63) is 0 Å². The molecule has 0 aromatic carbocycles. The third-order valence-corrected chi connectivity index (χ3v) is 3.38. The van der Waals surface area contributed by atoms with Gasteiger partial charge in [0.2, 0.25) is 0 Å². The maximum Gasteiger partial charge on any atom is 0.316 e. The van der Waals surface area contributed by atoms with E-state index in [1.54, 1.807) is 0 Å². The first-order valence-electron chi connectivity index (χ1n) is 8.06. The minimum Gasteiger partial charge on any atom is -0.481 e. The summed E-state index contributed by atoms with van der Waals surface area (Å²) in [7, 11) is 0.